The SMILES string of the molecule is O=[N+]([O-])c1ccc(N2CCN(C(=S)NN=C(c3ccccn3)c3ccccn3)CC2)cc1. The van der Waals surface area contributed by atoms with Crippen molar-refractivity contribution in [3.05, 3.63) is 94.6 Å². The molecule has 1 fully saturated rings. The van der Waals surface area contributed by atoms with Crippen molar-refractivity contribution < 1.29 is 4.92 Å². The summed E-state index contributed by atoms with van der Waals surface area (Å²) >= 11 is 5.57. The topological polar surface area (TPSA) is 99.8 Å². The molecule has 10 heteroatoms. The van der Waals surface area contributed by atoms with Crippen LogP contribution in [0.15, 0.2) is 78.2 Å². The second-order valence-electron chi connectivity index (χ2n) is 7.05. The van der Waals surface area contributed by atoms with E-state index in [0.29, 0.717) is 35.3 Å². The number of aromatic nitrogens is 2. The number of anilines is 1. The number of nitro groups is 1. The first-order chi connectivity index (χ1) is 15.6. The van der Waals surface area contributed by atoms with Crippen molar-refractivity contribution >= 4 is 34.4 Å². The number of hydrazone groups is 1. The summed E-state index contributed by atoms with van der Waals surface area (Å²) in [5, 5.41) is 15.9. The van der Waals surface area contributed by atoms with Crippen LogP contribution in [0.4, 0.5) is 11.4 Å². The zero-order chi connectivity index (χ0) is 22.3. The summed E-state index contributed by atoms with van der Waals surface area (Å²) in [6.45, 7) is 2.91. The number of hydrogen-bond donors (Lipinski definition) is 1. The van der Waals surface area contributed by atoms with Gasteiger partial charge in [0, 0.05) is 56.4 Å². The molecule has 1 N–H and O–H groups in total. The van der Waals surface area contributed by atoms with Gasteiger partial charge in [-0.15, -0.1) is 0 Å². The van der Waals surface area contributed by atoms with Gasteiger partial charge in [0.2, 0.25) is 0 Å². The van der Waals surface area contributed by atoms with Crippen molar-refractivity contribution in [2.24, 2.45) is 5.10 Å². The van der Waals surface area contributed by atoms with Crippen LogP contribution in [-0.2, 0) is 0 Å². The van der Waals surface area contributed by atoms with E-state index in [0.717, 1.165) is 18.8 Å². The van der Waals surface area contributed by atoms with Crippen molar-refractivity contribution in [1.29, 1.82) is 0 Å². The average Bonchev–Trinajstić information content (AvgIpc) is 2.85. The van der Waals surface area contributed by atoms with Crippen LogP contribution in [0.3, 0.4) is 0 Å². The predicted molar refractivity (Wildman–Crippen MR) is 127 cm³/mol. The molecule has 4 rings (SSSR count). The highest BCUT2D eigenvalue weighted by Gasteiger charge is 2.20. The molecule has 0 saturated carbocycles. The Morgan fingerprint density at radius 1 is 0.938 bits per heavy atom. The van der Waals surface area contributed by atoms with Crippen molar-refractivity contribution in [1.82, 2.24) is 20.3 Å². The number of thiocarbonyl (C=S) groups is 1. The Bertz CT molecular complexity index is 1060. The fourth-order valence-electron chi connectivity index (χ4n) is 3.38. The van der Waals surface area contributed by atoms with Crippen molar-refractivity contribution in [3.8, 4) is 0 Å². The molecule has 0 radical (unpaired) electrons. The van der Waals surface area contributed by atoms with Gasteiger partial charge in [-0.2, -0.15) is 5.10 Å². The van der Waals surface area contributed by atoms with Crippen LogP contribution in [0.5, 0.6) is 0 Å². The van der Waals surface area contributed by atoms with Crippen molar-refractivity contribution in [2.45, 2.75) is 0 Å². The van der Waals surface area contributed by atoms with Gasteiger partial charge in [-0.05, 0) is 48.6 Å². The highest BCUT2D eigenvalue weighted by molar-refractivity contribution is 7.80. The summed E-state index contributed by atoms with van der Waals surface area (Å²) in [5.74, 6) is 0. The van der Waals surface area contributed by atoms with Crippen LogP contribution in [0.2, 0.25) is 0 Å². The summed E-state index contributed by atoms with van der Waals surface area (Å²) in [5.41, 5.74) is 6.05. The normalized spacial score (nSPS) is 13.4. The van der Waals surface area contributed by atoms with Crippen LogP contribution in [0.25, 0.3) is 0 Å². The highest BCUT2D eigenvalue weighted by Crippen LogP contribution is 2.20. The van der Waals surface area contributed by atoms with E-state index in [1.54, 1.807) is 24.5 Å². The van der Waals surface area contributed by atoms with Gasteiger partial charge in [-0.25, -0.2) is 0 Å². The van der Waals surface area contributed by atoms with Gasteiger partial charge in [0.25, 0.3) is 5.69 Å². The molecular formula is C22H21N7O2S. The number of pyridine rings is 2. The summed E-state index contributed by atoms with van der Waals surface area (Å²) in [7, 11) is 0. The summed E-state index contributed by atoms with van der Waals surface area (Å²) in [6.07, 6.45) is 3.42. The van der Waals surface area contributed by atoms with Gasteiger partial charge in [-0.1, -0.05) is 12.1 Å². The third-order valence-electron chi connectivity index (χ3n) is 5.07. The van der Waals surface area contributed by atoms with Gasteiger partial charge in [0.15, 0.2) is 5.11 Å². The maximum absolute atomic E-state index is 10.8. The molecule has 1 aliphatic rings. The summed E-state index contributed by atoms with van der Waals surface area (Å²) in [6, 6.07) is 17.9. The van der Waals surface area contributed by atoms with Crippen LogP contribution < -0.4 is 10.3 Å². The molecule has 0 spiro atoms. The van der Waals surface area contributed by atoms with E-state index in [1.165, 1.54) is 12.1 Å². The zero-order valence-corrected chi connectivity index (χ0v) is 18.0. The number of rotatable bonds is 5. The first-order valence-electron chi connectivity index (χ1n) is 10.1. The number of piperazine rings is 1. The average molecular weight is 448 g/mol. The molecule has 0 bridgehead atoms. The Labute approximate surface area is 190 Å². The second kappa shape index (κ2) is 9.92. The maximum atomic E-state index is 10.8. The molecule has 0 aliphatic carbocycles. The summed E-state index contributed by atoms with van der Waals surface area (Å²) in [4.78, 5) is 23.5. The van der Waals surface area contributed by atoms with E-state index in [-0.39, 0.29) is 5.69 Å². The Morgan fingerprint density at radius 2 is 1.53 bits per heavy atom. The lowest BCUT2D eigenvalue weighted by Gasteiger charge is -2.37. The number of nitrogens with zero attached hydrogens (tertiary/aromatic N) is 6. The summed E-state index contributed by atoms with van der Waals surface area (Å²) < 4.78 is 0. The molecule has 0 atom stereocenters. The minimum absolute atomic E-state index is 0.0900. The quantitative estimate of drug-likeness (QED) is 0.276. The van der Waals surface area contributed by atoms with Crippen LogP contribution in [0.1, 0.15) is 11.4 Å². The maximum Gasteiger partial charge on any atom is 0.269 e. The van der Waals surface area contributed by atoms with Crippen LogP contribution in [0, 0.1) is 10.1 Å². The highest BCUT2D eigenvalue weighted by atomic mass is 32.1. The number of hydrogen-bond acceptors (Lipinski definition) is 7. The predicted octanol–water partition coefficient (Wildman–Crippen LogP) is 2.83. The minimum Gasteiger partial charge on any atom is -0.368 e. The molecule has 162 valence electrons. The zero-order valence-electron chi connectivity index (χ0n) is 17.2. The first-order valence-corrected chi connectivity index (χ1v) is 10.5. The molecule has 1 saturated heterocycles. The third-order valence-corrected chi connectivity index (χ3v) is 5.42. The lowest BCUT2D eigenvalue weighted by molar-refractivity contribution is -0.384. The van der Waals surface area contributed by atoms with E-state index < -0.39 is 4.92 Å². The van der Waals surface area contributed by atoms with Gasteiger partial charge < -0.3 is 9.80 Å². The monoisotopic (exact) mass is 447 g/mol. The number of nitrogens with one attached hydrogen (secondary N) is 1. The Balaban J connectivity index is 1.40. The molecule has 0 amide bonds. The smallest absolute Gasteiger partial charge is 0.269 e. The number of nitro benzene ring substituents is 1. The molecule has 3 heterocycles. The van der Waals surface area contributed by atoms with E-state index in [1.807, 2.05) is 36.4 Å². The largest absolute Gasteiger partial charge is 0.368 e. The Kier molecular flexibility index (Phi) is 6.61. The molecule has 1 aromatic carbocycles. The van der Waals surface area contributed by atoms with Gasteiger partial charge in [0.05, 0.1) is 16.3 Å². The molecule has 9 nitrogen and oxygen atoms in total. The second-order valence-corrected chi connectivity index (χ2v) is 7.44. The van der Waals surface area contributed by atoms with Gasteiger partial charge in [-0.3, -0.25) is 25.5 Å². The molecule has 2 aromatic heterocycles. The van der Waals surface area contributed by atoms with Crippen molar-refractivity contribution in [3.63, 3.8) is 0 Å². The molecule has 32 heavy (non-hydrogen) atoms. The molecule has 0 unspecified atom stereocenters. The third kappa shape index (κ3) is 5.03. The minimum atomic E-state index is -0.392. The molecule has 1 aliphatic heterocycles. The van der Waals surface area contributed by atoms with E-state index >= 15 is 0 Å². The first kappa shape index (κ1) is 21.3. The number of non-ortho nitro benzene ring substituents is 1. The Morgan fingerprint density at radius 3 is 2.03 bits per heavy atom. The fraction of sp³-hybridized carbons (Fsp3) is 0.182. The number of benzene rings is 1. The molecule has 3 aromatic rings. The lowest BCUT2D eigenvalue weighted by atomic mass is 10.1. The molecular weight excluding hydrogens is 426 g/mol. The van der Waals surface area contributed by atoms with E-state index in [4.69, 9.17) is 12.2 Å². The van der Waals surface area contributed by atoms with Gasteiger partial charge >= 0.3 is 0 Å². The van der Waals surface area contributed by atoms with Crippen LogP contribution in [-0.4, -0.2) is 56.8 Å². The Hall–Kier alpha value is -3.92. The van der Waals surface area contributed by atoms with Crippen LogP contribution >= 0.6 is 12.2 Å². The van der Waals surface area contributed by atoms with Crippen molar-refractivity contribution in [2.75, 3.05) is 31.1 Å². The van der Waals surface area contributed by atoms with E-state index in [2.05, 4.69) is 30.3 Å². The standard InChI is InChI=1S/C22H21N7O2S/c30-29(31)18-9-7-17(8-10-18)27-13-15-28(16-14-27)22(32)26-25-21(19-5-1-3-11-23-19)20-6-2-4-12-24-20/h1-12H,13-16H2,(H,26,32). The van der Waals surface area contributed by atoms with Gasteiger partial charge in [0.1, 0.15) is 5.71 Å². The fourth-order valence-corrected chi connectivity index (χ4v) is 3.61. The lowest BCUT2D eigenvalue weighted by Crippen LogP contribution is -2.51. The van der Waals surface area contributed by atoms with E-state index in [9.17, 15) is 10.1 Å².